The third kappa shape index (κ3) is 8.55. The lowest BCUT2D eigenvalue weighted by molar-refractivity contribution is -0.0275. The van der Waals surface area contributed by atoms with Crippen molar-refractivity contribution in [1.82, 2.24) is 0 Å². The average Bonchev–Trinajstić information content (AvgIpc) is 2.74. The van der Waals surface area contributed by atoms with E-state index in [9.17, 15) is 0 Å². The predicted molar refractivity (Wildman–Crippen MR) is 122 cm³/mol. The second kappa shape index (κ2) is 13.5. The van der Waals surface area contributed by atoms with Crippen molar-refractivity contribution in [1.29, 1.82) is 0 Å². The molecule has 0 spiro atoms. The number of ether oxygens (including phenoxy) is 1. The molecule has 2 aromatic carbocycles. The Morgan fingerprint density at radius 3 is 1.93 bits per heavy atom. The molecule has 0 bridgehead atoms. The quantitative estimate of drug-likeness (QED) is 0.206. The summed E-state index contributed by atoms with van der Waals surface area (Å²) in [6.45, 7) is 5.13. The maximum Gasteiger partial charge on any atom is 0.130 e. The van der Waals surface area contributed by atoms with Crippen LogP contribution in [0.25, 0.3) is 0 Å². The van der Waals surface area contributed by atoms with Gasteiger partial charge in [0.15, 0.2) is 0 Å². The molecule has 2 heteroatoms. The second-order valence-corrected chi connectivity index (χ2v) is 8.20. The predicted octanol–water partition coefficient (Wildman–Crippen LogP) is 7.86. The Morgan fingerprint density at radius 1 is 0.786 bits per heavy atom. The van der Waals surface area contributed by atoms with Crippen molar-refractivity contribution < 1.29 is 4.74 Å². The molecule has 0 aliphatic rings. The molecule has 2 rings (SSSR count). The van der Waals surface area contributed by atoms with E-state index in [4.69, 9.17) is 4.74 Å². The lowest BCUT2D eigenvalue weighted by Gasteiger charge is -2.29. The number of thioether (sulfide) groups is 1. The van der Waals surface area contributed by atoms with Crippen molar-refractivity contribution in [2.24, 2.45) is 0 Å². The molecule has 0 heterocycles. The van der Waals surface area contributed by atoms with E-state index in [1.54, 1.807) is 11.8 Å². The summed E-state index contributed by atoms with van der Waals surface area (Å²) in [5, 5.41) is 3.37. The van der Waals surface area contributed by atoms with Gasteiger partial charge in [0.2, 0.25) is 0 Å². The molecule has 0 amide bonds. The molecule has 0 unspecified atom stereocenters. The van der Waals surface area contributed by atoms with Crippen molar-refractivity contribution >= 4 is 11.8 Å². The molecule has 1 nitrogen and oxygen atoms in total. The Balaban J connectivity index is 2.15. The Hall–Kier alpha value is -1.69. The van der Waals surface area contributed by atoms with Crippen molar-refractivity contribution in [3.63, 3.8) is 0 Å². The van der Waals surface area contributed by atoms with Gasteiger partial charge in [0.05, 0.1) is 6.61 Å². The summed E-state index contributed by atoms with van der Waals surface area (Å²) in [7, 11) is 0. The third-order valence-electron chi connectivity index (χ3n) is 4.92. The first-order valence-electron chi connectivity index (χ1n) is 10.7. The zero-order valence-corrected chi connectivity index (χ0v) is 18.3. The molecule has 0 saturated carbocycles. The Labute approximate surface area is 176 Å². The minimum absolute atomic E-state index is 0.345. The van der Waals surface area contributed by atoms with E-state index in [1.165, 1.54) is 49.0 Å². The van der Waals surface area contributed by atoms with Crippen molar-refractivity contribution in [3.05, 3.63) is 66.2 Å². The first kappa shape index (κ1) is 22.6. The molecule has 150 valence electrons. The Bertz CT molecular complexity index is 689. The van der Waals surface area contributed by atoms with Gasteiger partial charge in [0, 0.05) is 4.90 Å². The minimum Gasteiger partial charge on any atom is -0.358 e. The van der Waals surface area contributed by atoms with Crippen LogP contribution in [-0.4, -0.2) is 5.60 Å². The van der Waals surface area contributed by atoms with E-state index >= 15 is 0 Å². The maximum absolute atomic E-state index is 6.56. The summed E-state index contributed by atoms with van der Waals surface area (Å²) in [6, 6.07) is 20.9. The molecule has 2 aromatic rings. The molecule has 0 saturated heterocycles. The molecular formula is C26H34OS. The summed E-state index contributed by atoms with van der Waals surface area (Å²) < 4.78 is 6.56. The van der Waals surface area contributed by atoms with Gasteiger partial charge in [-0.25, -0.2) is 0 Å². The minimum atomic E-state index is -0.345. The van der Waals surface area contributed by atoms with E-state index in [0.29, 0.717) is 6.61 Å². The fourth-order valence-electron chi connectivity index (χ4n) is 3.21. The summed E-state index contributed by atoms with van der Waals surface area (Å²) in [4.78, 5) is 1.19. The molecular weight excluding hydrogens is 360 g/mol. The number of hydrogen-bond acceptors (Lipinski definition) is 2. The van der Waals surface area contributed by atoms with Crippen LogP contribution < -0.4 is 0 Å². The Morgan fingerprint density at radius 2 is 1.36 bits per heavy atom. The highest BCUT2D eigenvalue weighted by atomic mass is 32.2. The van der Waals surface area contributed by atoms with Crippen molar-refractivity contribution in [2.75, 3.05) is 0 Å². The normalized spacial score (nSPS) is 11.1. The van der Waals surface area contributed by atoms with Gasteiger partial charge in [0.1, 0.15) is 5.60 Å². The maximum atomic E-state index is 6.56. The van der Waals surface area contributed by atoms with E-state index in [0.717, 1.165) is 12.8 Å². The molecule has 0 aliphatic heterocycles. The van der Waals surface area contributed by atoms with Gasteiger partial charge in [-0.3, -0.25) is 0 Å². The molecule has 0 aromatic heterocycles. The van der Waals surface area contributed by atoms with Gasteiger partial charge in [-0.05, 0) is 60.4 Å². The highest BCUT2D eigenvalue weighted by Crippen LogP contribution is 2.29. The second-order valence-electron chi connectivity index (χ2n) is 7.32. The average molecular weight is 395 g/mol. The van der Waals surface area contributed by atoms with Crippen LogP contribution in [0.5, 0.6) is 0 Å². The van der Waals surface area contributed by atoms with Crippen LogP contribution in [0.15, 0.2) is 65.6 Å². The summed E-state index contributed by atoms with van der Waals surface area (Å²) >= 11 is 1.61. The molecule has 0 N–H and O–H groups in total. The fourth-order valence-corrected chi connectivity index (χ4v) is 3.86. The topological polar surface area (TPSA) is 9.23 Å². The number of unbranched alkanes of at least 4 members (excludes halogenated alkanes) is 4. The van der Waals surface area contributed by atoms with Gasteiger partial charge in [-0.2, -0.15) is 0 Å². The molecule has 0 aliphatic carbocycles. The lowest BCUT2D eigenvalue weighted by Crippen LogP contribution is -2.31. The lowest BCUT2D eigenvalue weighted by atomic mass is 9.90. The SMILES string of the molecule is CCCCCC(C#CSc1ccccc1)(CCCCC)OCc1ccccc1. The first-order valence-corrected chi connectivity index (χ1v) is 11.5. The van der Waals surface area contributed by atoms with Crippen LogP contribution in [0.2, 0.25) is 0 Å². The van der Waals surface area contributed by atoms with Crippen LogP contribution in [0, 0.1) is 11.2 Å². The number of rotatable bonds is 12. The van der Waals surface area contributed by atoms with E-state index < -0.39 is 0 Å². The summed E-state index contributed by atoms with van der Waals surface area (Å²) in [6.07, 6.45) is 9.27. The first-order chi connectivity index (χ1) is 13.8. The zero-order chi connectivity index (χ0) is 19.9. The monoisotopic (exact) mass is 394 g/mol. The van der Waals surface area contributed by atoms with Crippen LogP contribution in [0.3, 0.4) is 0 Å². The third-order valence-corrected chi connectivity index (χ3v) is 5.63. The van der Waals surface area contributed by atoms with Gasteiger partial charge in [0.25, 0.3) is 0 Å². The molecule has 0 fully saturated rings. The van der Waals surface area contributed by atoms with Gasteiger partial charge < -0.3 is 4.74 Å². The summed E-state index contributed by atoms with van der Waals surface area (Å²) in [5.74, 6) is 3.56. The largest absolute Gasteiger partial charge is 0.358 e. The van der Waals surface area contributed by atoms with E-state index in [-0.39, 0.29) is 5.60 Å². The van der Waals surface area contributed by atoms with Crippen molar-refractivity contribution in [3.8, 4) is 11.2 Å². The summed E-state index contributed by atoms with van der Waals surface area (Å²) in [5.41, 5.74) is 0.873. The van der Waals surface area contributed by atoms with Crippen molar-refractivity contribution in [2.45, 2.75) is 82.3 Å². The highest BCUT2D eigenvalue weighted by Gasteiger charge is 2.28. The van der Waals surface area contributed by atoms with Gasteiger partial charge in [-0.15, -0.1) is 0 Å². The van der Waals surface area contributed by atoms with Gasteiger partial charge >= 0.3 is 0 Å². The molecule has 28 heavy (non-hydrogen) atoms. The van der Waals surface area contributed by atoms with Crippen LogP contribution in [0.4, 0.5) is 0 Å². The zero-order valence-electron chi connectivity index (χ0n) is 17.5. The van der Waals surface area contributed by atoms with Crippen LogP contribution >= 0.6 is 11.8 Å². The van der Waals surface area contributed by atoms with E-state index in [1.807, 2.05) is 6.07 Å². The van der Waals surface area contributed by atoms with E-state index in [2.05, 4.69) is 79.6 Å². The van der Waals surface area contributed by atoms with Crippen LogP contribution in [0.1, 0.15) is 70.8 Å². The van der Waals surface area contributed by atoms with Crippen LogP contribution in [-0.2, 0) is 11.3 Å². The molecule has 0 radical (unpaired) electrons. The fraction of sp³-hybridized carbons (Fsp3) is 0.462. The number of hydrogen-bond donors (Lipinski definition) is 0. The smallest absolute Gasteiger partial charge is 0.130 e. The molecule has 0 atom stereocenters. The number of benzene rings is 2. The Kier molecular flexibility index (Phi) is 10.9. The standard InChI is InChI=1S/C26H34OS/c1-3-5-13-19-26(20-14-6-4-2,27-23-24-15-9-7-10-16-24)21-22-28-25-17-11-8-12-18-25/h7-12,15-18H,3-6,13-14,19-20,23H2,1-2H3. The van der Waals surface area contributed by atoms with Gasteiger partial charge in [-0.1, -0.05) is 94.0 Å². The highest BCUT2D eigenvalue weighted by molar-refractivity contribution is 8.03.